The summed E-state index contributed by atoms with van der Waals surface area (Å²) in [7, 11) is 0. The number of benzene rings is 1. The van der Waals surface area contributed by atoms with E-state index in [4.69, 9.17) is 0 Å². The molecule has 0 aliphatic heterocycles. The summed E-state index contributed by atoms with van der Waals surface area (Å²) in [4.78, 5) is 25.6. The van der Waals surface area contributed by atoms with Crippen LogP contribution in [0.2, 0.25) is 0 Å². The molecular weight excluding hydrogens is 331 g/mol. The van der Waals surface area contributed by atoms with Crippen molar-refractivity contribution in [3.05, 3.63) is 77.6 Å². The monoisotopic (exact) mass is 348 g/mol. The van der Waals surface area contributed by atoms with Gasteiger partial charge in [-0.25, -0.2) is 14.4 Å². The number of halogens is 1. The summed E-state index contributed by atoms with van der Waals surface area (Å²) < 4.78 is 13.8. The van der Waals surface area contributed by atoms with Gasteiger partial charge >= 0.3 is 0 Å². The molecule has 0 spiro atoms. The zero-order valence-electron chi connectivity index (χ0n) is 14.0. The number of carbonyl (C=O) groups excluding carboxylic acids is 1. The highest BCUT2D eigenvalue weighted by atomic mass is 19.1. The average molecular weight is 348 g/mol. The Hall–Kier alpha value is -3.15. The zero-order valence-corrected chi connectivity index (χ0v) is 14.0. The maximum absolute atomic E-state index is 13.8. The lowest BCUT2D eigenvalue weighted by molar-refractivity contribution is 0.0928. The second-order valence-corrected chi connectivity index (χ2v) is 6.23. The predicted molar refractivity (Wildman–Crippen MR) is 94.8 cm³/mol. The van der Waals surface area contributed by atoms with Crippen molar-refractivity contribution >= 4 is 5.91 Å². The van der Waals surface area contributed by atoms with E-state index in [1.54, 1.807) is 30.7 Å². The van der Waals surface area contributed by atoms with Crippen LogP contribution in [0.1, 0.15) is 40.5 Å². The van der Waals surface area contributed by atoms with Crippen molar-refractivity contribution < 1.29 is 9.18 Å². The predicted octanol–water partition coefficient (Wildman–Crippen LogP) is 3.49. The second kappa shape index (κ2) is 7.00. The zero-order chi connectivity index (χ0) is 17.9. The van der Waals surface area contributed by atoms with Crippen LogP contribution in [0.5, 0.6) is 0 Å². The van der Waals surface area contributed by atoms with Crippen molar-refractivity contribution in [1.82, 2.24) is 20.3 Å². The van der Waals surface area contributed by atoms with E-state index in [1.165, 1.54) is 12.1 Å². The summed E-state index contributed by atoms with van der Waals surface area (Å²) in [6, 6.07) is 9.50. The minimum atomic E-state index is -0.523. The van der Waals surface area contributed by atoms with Crippen LogP contribution in [0, 0.1) is 5.82 Å². The third-order valence-corrected chi connectivity index (χ3v) is 4.54. The first-order valence-corrected chi connectivity index (χ1v) is 8.54. The smallest absolute Gasteiger partial charge is 0.254 e. The fourth-order valence-corrected chi connectivity index (χ4v) is 3.22. The normalized spacial score (nSPS) is 16.0. The Morgan fingerprint density at radius 1 is 1.15 bits per heavy atom. The maximum atomic E-state index is 13.8. The molecule has 130 valence electrons. The van der Waals surface area contributed by atoms with E-state index in [-0.39, 0.29) is 11.6 Å². The quantitative estimate of drug-likeness (QED) is 0.787. The fourth-order valence-electron chi connectivity index (χ4n) is 3.22. The molecule has 2 aromatic heterocycles. The van der Waals surface area contributed by atoms with Gasteiger partial charge < -0.3 is 5.32 Å². The van der Waals surface area contributed by atoms with Crippen molar-refractivity contribution in [2.75, 3.05) is 0 Å². The fraction of sp³-hybridized carbons (Fsp3) is 0.200. The Kier molecular flexibility index (Phi) is 4.39. The Morgan fingerprint density at radius 3 is 2.77 bits per heavy atom. The van der Waals surface area contributed by atoms with E-state index in [0.29, 0.717) is 5.82 Å². The molecule has 1 amide bonds. The van der Waals surface area contributed by atoms with Gasteiger partial charge in [-0.05, 0) is 43.5 Å². The molecule has 4 rings (SSSR count). The SMILES string of the molecule is O=C(N[C@@H]1CCCc2nc(-c3ccncc3)ncc21)c1ccccc1F. The number of aromatic nitrogens is 3. The Labute approximate surface area is 150 Å². The van der Waals surface area contributed by atoms with Crippen LogP contribution in [-0.4, -0.2) is 20.9 Å². The molecule has 0 radical (unpaired) electrons. The average Bonchev–Trinajstić information content (AvgIpc) is 2.69. The van der Waals surface area contributed by atoms with Crippen molar-refractivity contribution in [2.24, 2.45) is 0 Å². The number of aryl methyl sites for hydroxylation is 1. The summed E-state index contributed by atoms with van der Waals surface area (Å²) >= 11 is 0. The van der Waals surface area contributed by atoms with Gasteiger partial charge in [0.2, 0.25) is 0 Å². The number of nitrogens with zero attached hydrogens (tertiary/aromatic N) is 3. The Bertz CT molecular complexity index is 946. The van der Waals surface area contributed by atoms with Gasteiger partial charge in [0.1, 0.15) is 5.82 Å². The maximum Gasteiger partial charge on any atom is 0.254 e. The lowest BCUT2D eigenvalue weighted by Gasteiger charge is -2.25. The first kappa shape index (κ1) is 16.3. The Morgan fingerprint density at radius 2 is 1.96 bits per heavy atom. The van der Waals surface area contributed by atoms with Crippen LogP contribution in [0.25, 0.3) is 11.4 Å². The summed E-state index contributed by atoms with van der Waals surface area (Å²) in [5.74, 6) is -0.295. The molecule has 0 fully saturated rings. The lowest BCUT2D eigenvalue weighted by atomic mass is 9.92. The van der Waals surface area contributed by atoms with Crippen molar-refractivity contribution in [1.29, 1.82) is 0 Å². The van der Waals surface area contributed by atoms with Crippen molar-refractivity contribution in [2.45, 2.75) is 25.3 Å². The molecule has 5 nitrogen and oxygen atoms in total. The van der Waals surface area contributed by atoms with Crippen LogP contribution in [-0.2, 0) is 6.42 Å². The number of pyridine rings is 1. The van der Waals surface area contributed by atoms with E-state index < -0.39 is 11.7 Å². The first-order valence-electron chi connectivity index (χ1n) is 8.54. The van der Waals surface area contributed by atoms with E-state index in [9.17, 15) is 9.18 Å². The molecule has 26 heavy (non-hydrogen) atoms. The highest BCUT2D eigenvalue weighted by molar-refractivity contribution is 5.94. The first-order chi connectivity index (χ1) is 12.7. The number of carbonyl (C=O) groups is 1. The molecule has 0 bridgehead atoms. The van der Waals surface area contributed by atoms with Crippen molar-refractivity contribution in [3.63, 3.8) is 0 Å². The third-order valence-electron chi connectivity index (χ3n) is 4.54. The van der Waals surface area contributed by atoms with Crippen molar-refractivity contribution in [3.8, 4) is 11.4 Å². The van der Waals surface area contributed by atoms with Gasteiger partial charge in [-0.3, -0.25) is 9.78 Å². The van der Waals surface area contributed by atoms with Gasteiger partial charge in [-0.1, -0.05) is 12.1 Å². The van der Waals surface area contributed by atoms with Crippen LogP contribution in [0.4, 0.5) is 4.39 Å². The van der Waals surface area contributed by atoms with Gasteiger partial charge in [-0.15, -0.1) is 0 Å². The van der Waals surface area contributed by atoms with Crippen LogP contribution in [0.3, 0.4) is 0 Å². The molecular formula is C20H17FN4O. The minimum Gasteiger partial charge on any atom is -0.345 e. The van der Waals surface area contributed by atoms with Crippen LogP contribution in [0.15, 0.2) is 55.0 Å². The lowest BCUT2D eigenvalue weighted by Crippen LogP contribution is -2.32. The summed E-state index contributed by atoms with van der Waals surface area (Å²) in [6.45, 7) is 0. The molecule has 1 aromatic carbocycles. The van der Waals surface area contributed by atoms with E-state index in [1.807, 2.05) is 12.1 Å². The number of hydrogen-bond donors (Lipinski definition) is 1. The third kappa shape index (κ3) is 3.18. The molecule has 1 aliphatic rings. The largest absolute Gasteiger partial charge is 0.345 e. The van der Waals surface area contributed by atoms with E-state index >= 15 is 0 Å². The number of nitrogens with one attached hydrogen (secondary N) is 1. The molecule has 0 saturated carbocycles. The topological polar surface area (TPSA) is 67.8 Å². The van der Waals surface area contributed by atoms with Gasteiger partial charge in [-0.2, -0.15) is 0 Å². The van der Waals surface area contributed by atoms with Crippen LogP contribution >= 0.6 is 0 Å². The highest BCUT2D eigenvalue weighted by Gasteiger charge is 2.25. The molecule has 2 heterocycles. The second-order valence-electron chi connectivity index (χ2n) is 6.23. The van der Waals surface area contributed by atoms with E-state index in [2.05, 4.69) is 20.3 Å². The van der Waals surface area contributed by atoms with Gasteiger partial charge in [0, 0.05) is 35.4 Å². The van der Waals surface area contributed by atoms with E-state index in [0.717, 1.165) is 36.1 Å². The Balaban J connectivity index is 1.60. The summed E-state index contributed by atoms with van der Waals surface area (Å²) in [5, 5.41) is 2.92. The van der Waals surface area contributed by atoms with Crippen LogP contribution < -0.4 is 5.32 Å². The minimum absolute atomic E-state index is 0.0500. The molecule has 1 N–H and O–H groups in total. The molecule has 3 aromatic rings. The molecule has 6 heteroatoms. The number of hydrogen-bond acceptors (Lipinski definition) is 4. The number of fused-ring (bicyclic) bond motifs is 1. The number of amides is 1. The highest BCUT2D eigenvalue weighted by Crippen LogP contribution is 2.29. The molecule has 1 aliphatic carbocycles. The number of rotatable bonds is 3. The van der Waals surface area contributed by atoms with Gasteiger partial charge in [0.05, 0.1) is 11.6 Å². The van der Waals surface area contributed by atoms with Gasteiger partial charge in [0.15, 0.2) is 5.82 Å². The van der Waals surface area contributed by atoms with Gasteiger partial charge in [0.25, 0.3) is 5.91 Å². The summed E-state index contributed by atoms with van der Waals surface area (Å²) in [5.41, 5.74) is 2.78. The standard InChI is InChI=1S/C20H17FN4O/c21-16-5-2-1-4-14(16)20(26)25-18-7-3-6-17-15(18)12-23-19(24-17)13-8-10-22-11-9-13/h1-2,4-5,8-12,18H,3,6-7H2,(H,25,26)/t18-/m1/s1. The molecule has 0 unspecified atom stereocenters. The summed E-state index contributed by atoms with van der Waals surface area (Å²) in [6.07, 6.45) is 7.70. The molecule has 0 saturated heterocycles. The molecule has 1 atom stereocenters.